The van der Waals surface area contributed by atoms with Crippen LogP contribution in [0.5, 0.6) is 0 Å². The number of aromatic nitrogens is 1. The van der Waals surface area contributed by atoms with Crippen molar-refractivity contribution < 1.29 is 23.9 Å². The normalized spacial score (nSPS) is 12.7. The lowest BCUT2D eigenvalue weighted by Gasteiger charge is -2.19. The van der Waals surface area contributed by atoms with Crippen LogP contribution in [0, 0.1) is 0 Å². The first kappa shape index (κ1) is 20.9. The topological polar surface area (TPSA) is 124 Å². The van der Waals surface area contributed by atoms with Gasteiger partial charge in [-0.1, -0.05) is 48.5 Å². The van der Waals surface area contributed by atoms with Crippen LogP contribution in [0.15, 0.2) is 60.8 Å². The second-order valence-electron chi connectivity index (χ2n) is 6.80. The van der Waals surface area contributed by atoms with E-state index in [2.05, 4.69) is 10.3 Å². The molecule has 156 valence electrons. The number of esters is 1. The number of hydrogen-bond donors (Lipinski definition) is 3. The molecule has 2 aromatic carbocycles. The minimum absolute atomic E-state index is 0.0548. The van der Waals surface area contributed by atoms with E-state index in [4.69, 9.17) is 15.2 Å². The number of benzene rings is 2. The molecule has 0 bridgehead atoms. The second-order valence-corrected chi connectivity index (χ2v) is 6.80. The van der Waals surface area contributed by atoms with Crippen LogP contribution in [0.25, 0.3) is 10.9 Å². The molecule has 2 amide bonds. The van der Waals surface area contributed by atoms with Crippen LogP contribution in [0.4, 0.5) is 4.79 Å². The largest absolute Gasteiger partial charge is 0.451 e. The van der Waals surface area contributed by atoms with Gasteiger partial charge in [0.25, 0.3) is 5.91 Å². The second kappa shape index (κ2) is 9.60. The molecule has 0 aliphatic heterocycles. The Hall–Kier alpha value is -3.81. The lowest BCUT2D eigenvalue weighted by molar-refractivity contribution is -0.155. The Kier molecular flexibility index (Phi) is 6.69. The van der Waals surface area contributed by atoms with Gasteiger partial charge in [0.05, 0.1) is 0 Å². The van der Waals surface area contributed by atoms with E-state index in [0.29, 0.717) is 0 Å². The molecule has 0 spiro atoms. The molecule has 1 heterocycles. The number of aromatic amines is 1. The van der Waals surface area contributed by atoms with Gasteiger partial charge in [-0.2, -0.15) is 0 Å². The third-order valence-electron chi connectivity index (χ3n) is 4.58. The van der Waals surface area contributed by atoms with Crippen molar-refractivity contribution in [2.45, 2.75) is 32.1 Å². The minimum Gasteiger partial charge on any atom is -0.451 e. The summed E-state index contributed by atoms with van der Waals surface area (Å²) in [6.07, 6.45) is 0.0197. The van der Waals surface area contributed by atoms with Gasteiger partial charge in [0.1, 0.15) is 12.6 Å². The van der Waals surface area contributed by atoms with Crippen molar-refractivity contribution in [1.29, 1.82) is 0 Å². The van der Waals surface area contributed by atoms with Crippen molar-refractivity contribution in [2.75, 3.05) is 0 Å². The fourth-order valence-electron chi connectivity index (χ4n) is 2.94. The number of H-pyrrole nitrogens is 1. The molecule has 8 heteroatoms. The summed E-state index contributed by atoms with van der Waals surface area (Å²) in [5.41, 5.74) is 7.69. The number of alkyl carbamates (subject to hydrolysis) is 1. The van der Waals surface area contributed by atoms with Crippen LogP contribution < -0.4 is 11.1 Å². The molecule has 0 saturated heterocycles. The summed E-state index contributed by atoms with van der Waals surface area (Å²) in [6, 6.07) is 15.7. The number of primary amides is 1. The molecule has 30 heavy (non-hydrogen) atoms. The number of amides is 2. The summed E-state index contributed by atoms with van der Waals surface area (Å²) in [7, 11) is 0. The number of nitrogens with two attached hydrogens (primary N) is 1. The molecule has 0 aliphatic rings. The van der Waals surface area contributed by atoms with Gasteiger partial charge < -0.3 is 25.5 Å². The summed E-state index contributed by atoms with van der Waals surface area (Å²) in [4.78, 5) is 39.3. The van der Waals surface area contributed by atoms with Crippen molar-refractivity contribution >= 4 is 28.9 Å². The van der Waals surface area contributed by atoms with E-state index < -0.39 is 30.1 Å². The van der Waals surface area contributed by atoms with Crippen LogP contribution in [-0.4, -0.2) is 35.1 Å². The van der Waals surface area contributed by atoms with Gasteiger partial charge in [0.15, 0.2) is 6.10 Å². The van der Waals surface area contributed by atoms with E-state index in [0.717, 1.165) is 22.0 Å². The molecule has 3 aromatic rings. The Balaban J connectivity index is 1.72. The molecule has 8 nitrogen and oxygen atoms in total. The number of carbonyl (C=O) groups is 3. The maximum absolute atomic E-state index is 12.6. The summed E-state index contributed by atoms with van der Waals surface area (Å²) in [5.74, 6) is -1.55. The number of nitrogens with one attached hydrogen (secondary N) is 2. The molecule has 0 fully saturated rings. The summed E-state index contributed by atoms with van der Waals surface area (Å²) < 4.78 is 10.3. The summed E-state index contributed by atoms with van der Waals surface area (Å²) in [5, 5.41) is 3.45. The Bertz CT molecular complexity index is 1030. The zero-order valence-corrected chi connectivity index (χ0v) is 16.5. The van der Waals surface area contributed by atoms with Gasteiger partial charge in [-0.3, -0.25) is 4.79 Å². The molecular formula is C22H23N3O5. The van der Waals surface area contributed by atoms with Crippen molar-refractivity contribution in [3.63, 3.8) is 0 Å². The predicted octanol–water partition coefficient (Wildman–Crippen LogP) is 2.42. The molecule has 0 aliphatic carbocycles. The van der Waals surface area contributed by atoms with Gasteiger partial charge in [0, 0.05) is 23.5 Å². The molecular weight excluding hydrogens is 386 g/mol. The highest BCUT2D eigenvalue weighted by atomic mass is 16.6. The van der Waals surface area contributed by atoms with E-state index in [9.17, 15) is 14.4 Å². The quantitative estimate of drug-likeness (QED) is 0.493. The van der Waals surface area contributed by atoms with Crippen LogP contribution >= 0.6 is 0 Å². The lowest BCUT2D eigenvalue weighted by atomic mass is 10.1. The number of hydrogen-bond acceptors (Lipinski definition) is 5. The molecule has 1 aromatic heterocycles. The van der Waals surface area contributed by atoms with E-state index in [1.165, 1.54) is 6.92 Å². The van der Waals surface area contributed by atoms with E-state index in [-0.39, 0.29) is 13.0 Å². The Morgan fingerprint density at radius 1 is 1.07 bits per heavy atom. The van der Waals surface area contributed by atoms with Gasteiger partial charge in [-0.05, 0) is 24.1 Å². The Morgan fingerprint density at radius 2 is 1.77 bits per heavy atom. The molecule has 4 N–H and O–H groups in total. The predicted molar refractivity (Wildman–Crippen MR) is 110 cm³/mol. The van der Waals surface area contributed by atoms with Crippen molar-refractivity contribution in [2.24, 2.45) is 5.73 Å². The van der Waals surface area contributed by atoms with E-state index in [1.54, 1.807) is 6.20 Å². The zero-order chi connectivity index (χ0) is 21.5. The fourth-order valence-corrected chi connectivity index (χ4v) is 2.94. The number of rotatable bonds is 8. The van der Waals surface area contributed by atoms with Crippen molar-refractivity contribution in [3.05, 3.63) is 71.9 Å². The maximum atomic E-state index is 12.6. The molecule has 0 unspecified atom stereocenters. The van der Waals surface area contributed by atoms with Gasteiger partial charge in [-0.25, -0.2) is 9.59 Å². The monoisotopic (exact) mass is 409 g/mol. The fraction of sp³-hybridized carbons (Fsp3) is 0.227. The highest BCUT2D eigenvalue weighted by molar-refractivity contribution is 5.88. The van der Waals surface area contributed by atoms with Crippen LogP contribution in [0.1, 0.15) is 18.1 Å². The molecule has 0 saturated carbocycles. The molecule has 2 atom stereocenters. The number of carbonyl (C=O) groups excluding carboxylic acids is 3. The van der Waals surface area contributed by atoms with Crippen LogP contribution in [-0.2, 0) is 32.1 Å². The number of ether oxygens (including phenoxy) is 2. The lowest BCUT2D eigenvalue weighted by Crippen LogP contribution is -2.45. The molecule has 0 radical (unpaired) electrons. The highest BCUT2D eigenvalue weighted by Gasteiger charge is 2.27. The average Bonchev–Trinajstić information content (AvgIpc) is 3.15. The standard InChI is InChI=1S/C22H23N3O5/c1-14(20(23)26)30-21(27)19(11-16-12-24-18-10-6-5-9-17(16)18)25-22(28)29-13-15-7-3-2-4-8-15/h2-10,12,14,19,24H,11,13H2,1H3,(H2,23,26)(H,25,28)/t14-,19+/m1/s1. The maximum Gasteiger partial charge on any atom is 0.408 e. The number of para-hydroxylation sites is 1. The SMILES string of the molecule is C[C@@H](OC(=O)[C@H](Cc1c[nH]c2ccccc12)NC(=O)OCc1ccccc1)C(N)=O. The summed E-state index contributed by atoms with van der Waals surface area (Å²) in [6.45, 7) is 1.43. The third-order valence-corrected chi connectivity index (χ3v) is 4.58. The zero-order valence-electron chi connectivity index (χ0n) is 16.5. The van der Waals surface area contributed by atoms with E-state index >= 15 is 0 Å². The van der Waals surface area contributed by atoms with Crippen LogP contribution in [0.3, 0.4) is 0 Å². The molecule has 3 rings (SSSR count). The Labute approximate surface area is 173 Å². The first-order chi connectivity index (χ1) is 14.4. The first-order valence-electron chi connectivity index (χ1n) is 9.46. The number of fused-ring (bicyclic) bond motifs is 1. The first-order valence-corrected chi connectivity index (χ1v) is 9.46. The highest BCUT2D eigenvalue weighted by Crippen LogP contribution is 2.19. The van der Waals surface area contributed by atoms with Gasteiger partial charge in [-0.15, -0.1) is 0 Å². The van der Waals surface area contributed by atoms with Gasteiger partial charge in [0.2, 0.25) is 0 Å². The smallest absolute Gasteiger partial charge is 0.408 e. The average molecular weight is 409 g/mol. The van der Waals surface area contributed by atoms with E-state index in [1.807, 2.05) is 54.6 Å². The van der Waals surface area contributed by atoms with Crippen LogP contribution in [0.2, 0.25) is 0 Å². The summed E-state index contributed by atoms with van der Waals surface area (Å²) >= 11 is 0. The van der Waals surface area contributed by atoms with Gasteiger partial charge >= 0.3 is 12.1 Å². The van der Waals surface area contributed by atoms with Crippen molar-refractivity contribution in [3.8, 4) is 0 Å². The minimum atomic E-state index is -1.12. The third kappa shape index (κ3) is 5.38. The Morgan fingerprint density at radius 3 is 2.50 bits per heavy atom. The van der Waals surface area contributed by atoms with Crippen molar-refractivity contribution in [1.82, 2.24) is 10.3 Å².